The molecular weight excluding hydrogens is 469 g/mol. The van der Waals surface area contributed by atoms with Crippen LogP contribution < -0.4 is 10.1 Å². The Morgan fingerprint density at radius 3 is 2.38 bits per heavy atom. The monoisotopic (exact) mass is 499 g/mol. The standard InChI is InChI=1S/C30H30FN3O3/c1-37-28-13-7-4-9-22(28)19-29(35)33-16-14-24(15-17-33)32-30(36)27-18-21-8-3-6-12-26(21)34(27)20-23-10-2-5-11-25(23)31/h2-13,18,24H,14-17,19-20H2,1H3,(H,32,36). The molecule has 5 rings (SSSR count). The Morgan fingerprint density at radius 1 is 0.946 bits per heavy atom. The summed E-state index contributed by atoms with van der Waals surface area (Å²) in [5.41, 5.74) is 2.78. The largest absolute Gasteiger partial charge is 0.496 e. The van der Waals surface area contributed by atoms with Crippen molar-refractivity contribution < 1.29 is 18.7 Å². The lowest BCUT2D eigenvalue weighted by atomic mass is 10.0. The van der Waals surface area contributed by atoms with Gasteiger partial charge in [0.05, 0.1) is 20.1 Å². The van der Waals surface area contributed by atoms with Gasteiger partial charge in [-0.15, -0.1) is 0 Å². The van der Waals surface area contributed by atoms with Crippen LogP contribution in [0.5, 0.6) is 5.75 Å². The van der Waals surface area contributed by atoms with E-state index in [0.29, 0.717) is 42.9 Å². The third-order valence-electron chi connectivity index (χ3n) is 7.05. The van der Waals surface area contributed by atoms with Crippen LogP contribution >= 0.6 is 0 Å². The van der Waals surface area contributed by atoms with E-state index in [-0.39, 0.29) is 36.6 Å². The van der Waals surface area contributed by atoms with Gasteiger partial charge < -0.3 is 19.5 Å². The number of rotatable bonds is 7. The Hall–Kier alpha value is -4.13. The number of likely N-dealkylation sites (tertiary alicyclic amines) is 1. The first kappa shape index (κ1) is 24.6. The van der Waals surface area contributed by atoms with Crippen LogP contribution in [0.4, 0.5) is 4.39 Å². The highest BCUT2D eigenvalue weighted by Gasteiger charge is 2.26. The van der Waals surface area contributed by atoms with E-state index in [1.54, 1.807) is 25.3 Å². The van der Waals surface area contributed by atoms with E-state index in [1.165, 1.54) is 6.07 Å². The summed E-state index contributed by atoms with van der Waals surface area (Å²) in [4.78, 5) is 28.1. The van der Waals surface area contributed by atoms with E-state index in [9.17, 15) is 14.0 Å². The van der Waals surface area contributed by atoms with Crippen molar-refractivity contribution in [2.45, 2.75) is 31.8 Å². The molecule has 0 radical (unpaired) electrons. The predicted octanol–water partition coefficient (Wildman–Crippen LogP) is 4.80. The van der Waals surface area contributed by atoms with Crippen molar-refractivity contribution in [2.24, 2.45) is 0 Å². The van der Waals surface area contributed by atoms with Crippen LogP contribution in [0.1, 0.15) is 34.5 Å². The van der Waals surface area contributed by atoms with Gasteiger partial charge in [-0.05, 0) is 37.1 Å². The fourth-order valence-electron chi connectivity index (χ4n) is 5.02. The SMILES string of the molecule is COc1ccccc1CC(=O)N1CCC(NC(=O)c2cc3ccccc3n2Cc2ccccc2F)CC1. The number of hydrogen-bond acceptors (Lipinski definition) is 3. The van der Waals surface area contributed by atoms with Gasteiger partial charge in [0.2, 0.25) is 5.91 Å². The number of ether oxygens (including phenoxy) is 1. The second-order valence-electron chi connectivity index (χ2n) is 9.38. The maximum atomic E-state index is 14.4. The van der Waals surface area contributed by atoms with Crippen molar-refractivity contribution in [3.8, 4) is 5.75 Å². The summed E-state index contributed by atoms with van der Waals surface area (Å²) in [6.45, 7) is 1.42. The number of carbonyl (C=O) groups excluding carboxylic acids is 2. The summed E-state index contributed by atoms with van der Waals surface area (Å²) in [7, 11) is 1.60. The number of methoxy groups -OCH3 is 1. The number of carbonyl (C=O) groups is 2. The average Bonchev–Trinajstić information content (AvgIpc) is 3.29. The van der Waals surface area contributed by atoms with Crippen LogP contribution in [0, 0.1) is 5.82 Å². The fraction of sp³-hybridized carbons (Fsp3) is 0.267. The Kier molecular flexibility index (Phi) is 7.21. The topological polar surface area (TPSA) is 63.6 Å². The van der Waals surface area contributed by atoms with Gasteiger partial charge in [0.15, 0.2) is 0 Å². The summed E-state index contributed by atoms with van der Waals surface area (Å²) >= 11 is 0. The van der Waals surface area contributed by atoms with Crippen molar-refractivity contribution in [1.29, 1.82) is 0 Å². The van der Waals surface area contributed by atoms with Crippen molar-refractivity contribution in [2.75, 3.05) is 20.2 Å². The molecule has 1 fully saturated rings. The molecule has 37 heavy (non-hydrogen) atoms. The summed E-state index contributed by atoms with van der Waals surface area (Å²) in [5, 5.41) is 4.08. The minimum absolute atomic E-state index is 0.0391. The number of piperidine rings is 1. The van der Waals surface area contributed by atoms with Crippen molar-refractivity contribution in [3.05, 3.63) is 102 Å². The van der Waals surface area contributed by atoms with Crippen LogP contribution in [-0.2, 0) is 17.8 Å². The van der Waals surface area contributed by atoms with Gasteiger partial charge in [0.1, 0.15) is 17.3 Å². The number of nitrogens with one attached hydrogen (secondary N) is 1. The number of halogens is 1. The Balaban J connectivity index is 1.25. The molecule has 1 N–H and O–H groups in total. The first-order chi connectivity index (χ1) is 18.0. The number of para-hydroxylation sites is 2. The van der Waals surface area contributed by atoms with Gasteiger partial charge in [-0.2, -0.15) is 0 Å². The fourth-order valence-corrected chi connectivity index (χ4v) is 5.02. The van der Waals surface area contributed by atoms with Gasteiger partial charge in [0.25, 0.3) is 5.91 Å². The van der Waals surface area contributed by atoms with E-state index in [2.05, 4.69) is 5.32 Å². The van der Waals surface area contributed by atoms with Crippen LogP contribution in [0.3, 0.4) is 0 Å². The summed E-state index contributed by atoms with van der Waals surface area (Å²) < 4.78 is 21.7. The molecule has 0 atom stereocenters. The molecule has 2 heterocycles. The van der Waals surface area contributed by atoms with Crippen molar-refractivity contribution in [1.82, 2.24) is 14.8 Å². The van der Waals surface area contributed by atoms with Gasteiger partial charge in [-0.25, -0.2) is 4.39 Å². The van der Waals surface area contributed by atoms with Gasteiger partial charge in [-0.1, -0.05) is 54.6 Å². The van der Waals surface area contributed by atoms with Crippen LogP contribution in [0.15, 0.2) is 78.9 Å². The highest BCUT2D eigenvalue weighted by atomic mass is 19.1. The maximum absolute atomic E-state index is 14.4. The molecule has 1 aliphatic heterocycles. The molecule has 0 spiro atoms. The molecule has 7 heteroatoms. The third kappa shape index (κ3) is 5.35. The number of aromatic nitrogens is 1. The normalized spacial score (nSPS) is 14.1. The molecule has 4 aromatic rings. The molecule has 1 aliphatic rings. The number of fused-ring (bicyclic) bond motifs is 1. The third-order valence-corrected chi connectivity index (χ3v) is 7.05. The van der Waals surface area contributed by atoms with Crippen LogP contribution in [0.25, 0.3) is 10.9 Å². The molecule has 6 nitrogen and oxygen atoms in total. The molecule has 0 aliphatic carbocycles. The second-order valence-corrected chi connectivity index (χ2v) is 9.38. The minimum Gasteiger partial charge on any atom is -0.496 e. The quantitative estimate of drug-likeness (QED) is 0.397. The minimum atomic E-state index is -0.295. The number of hydrogen-bond donors (Lipinski definition) is 1. The molecule has 3 aromatic carbocycles. The van der Waals surface area contributed by atoms with Crippen molar-refractivity contribution in [3.63, 3.8) is 0 Å². The number of benzene rings is 3. The van der Waals surface area contributed by atoms with Crippen molar-refractivity contribution >= 4 is 22.7 Å². The average molecular weight is 500 g/mol. The van der Waals surface area contributed by atoms with Crippen LogP contribution in [-0.4, -0.2) is 47.5 Å². The van der Waals surface area contributed by atoms with E-state index in [0.717, 1.165) is 16.5 Å². The van der Waals surface area contributed by atoms with E-state index >= 15 is 0 Å². The van der Waals surface area contributed by atoms with Gasteiger partial charge >= 0.3 is 0 Å². The lowest BCUT2D eigenvalue weighted by molar-refractivity contribution is -0.131. The van der Waals surface area contributed by atoms with Gasteiger partial charge in [-0.3, -0.25) is 9.59 Å². The Labute approximate surface area is 215 Å². The predicted molar refractivity (Wildman–Crippen MR) is 141 cm³/mol. The molecule has 1 aromatic heterocycles. The molecule has 0 saturated carbocycles. The molecule has 190 valence electrons. The summed E-state index contributed by atoms with van der Waals surface area (Å²) in [6, 6.07) is 23.7. The highest BCUT2D eigenvalue weighted by molar-refractivity contribution is 5.99. The zero-order chi connectivity index (χ0) is 25.8. The Morgan fingerprint density at radius 2 is 1.62 bits per heavy atom. The zero-order valence-electron chi connectivity index (χ0n) is 20.8. The summed E-state index contributed by atoms with van der Waals surface area (Å²) in [5.74, 6) is 0.284. The first-order valence-electron chi connectivity index (χ1n) is 12.6. The molecule has 0 bridgehead atoms. The molecule has 0 unspecified atom stereocenters. The summed E-state index contributed by atoms with van der Waals surface area (Å²) in [6.07, 6.45) is 1.64. The van der Waals surface area contributed by atoms with Gasteiger partial charge in [0, 0.05) is 41.2 Å². The molecule has 1 saturated heterocycles. The van der Waals surface area contributed by atoms with E-state index in [1.807, 2.05) is 64.1 Å². The number of amides is 2. The first-order valence-corrected chi connectivity index (χ1v) is 12.6. The Bertz CT molecular complexity index is 1420. The lowest BCUT2D eigenvalue weighted by Crippen LogP contribution is -2.47. The van der Waals surface area contributed by atoms with E-state index in [4.69, 9.17) is 4.74 Å². The maximum Gasteiger partial charge on any atom is 0.268 e. The highest BCUT2D eigenvalue weighted by Crippen LogP contribution is 2.24. The molecular formula is C30H30FN3O3. The second kappa shape index (κ2) is 10.9. The molecule has 2 amide bonds. The lowest BCUT2D eigenvalue weighted by Gasteiger charge is -2.32. The van der Waals surface area contributed by atoms with Crippen LogP contribution in [0.2, 0.25) is 0 Å². The zero-order valence-corrected chi connectivity index (χ0v) is 20.8. The van der Waals surface area contributed by atoms with E-state index < -0.39 is 0 Å². The number of nitrogens with zero attached hydrogens (tertiary/aromatic N) is 2. The smallest absolute Gasteiger partial charge is 0.268 e.